The van der Waals surface area contributed by atoms with Crippen LogP contribution in [-0.4, -0.2) is 16.1 Å². The summed E-state index contributed by atoms with van der Waals surface area (Å²) < 4.78 is 16.1. The minimum absolute atomic E-state index is 0.0371. The number of rotatable bonds is 4. The third kappa shape index (κ3) is 5.41. The van der Waals surface area contributed by atoms with Crippen LogP contribution in [-0.2, 0) is 12.8 Å². The quantitative estimate of drug-likeness (QED) is 0.178. The molecule has 11 aromatic rings. The van der Waals surface area contributed by atoms with Gasteiger partial charge >= 0.3 is 0 Å². The molecule has 2 aliphatic rings. The standard InChI is InChI=1S/C57H41N3O2/c1-34-28-29-48(40-22-12-17-35-14-4-5-18-39(35)40)58-57(45-24-13-23-43-42-20-7-10-26-51(42)62-56(43)45)59-55(34)47-32-38(33-53-54(47)44-21-8-11-27-52(44)61-53)60-49-25-9-6-19-41(49)46-30-36-15-2-3-16-37(36)31-50(46)60/h2-7,9-10,12-20,22-26,29-34H,8,11,21,27-28H2,1H3/b48-29+,58-57?,59-55?/t34-/m1/s1. The Hall–Kier alpha value is -7.50. The van der Waals surface area contributed by atoms with Crippen molar-refractivity contribution >= 4 is 93.5 Å². The Morgan fingerprint density at radius 2 is 1.24 bits per heavy atom. The van der Waals surface area contributed by atoms with E-state index in [2.05, 4.69) is 163 Å². The molecule has 8 aromatic carbocycles. The van der Waals surface area contributed by atoms with Crippen LogP contribution >= 0.6 is 0 Å². The number of hydrogen-bond acceptors (Lipinski definition) is 4. The maximum atomic E-state index is 6.94. The summed E-state index contributed by atoms with van der Waals surface area (Å²) in [5, 5.41) is 10.6. The van der Waals surface area contributed by atoms with Crippen molar-refractivity contribution in [2.45, 2.75) is 39.0 Å². The fourth-order valence-electron chi connectivity index (χ4n) is 10.4. The molecule has 296 valence electrons. The molecule has 5 heteroatoms. The Balaban J connectivity index is 1.11. The number of amidine groups is 1. The fourth-order valence-corrected chi connectivity index (χ4v) is 10.4. The maximum Gasteiger partial charge on any atom is 0.163 e. The predicted octanol–water partition coefficient (Wildman–Crippen LogP) is 14.9. The molecule has 3 aromatic heterocycles. The molecule has 0 amide bonds. The normalized spacial score (nSPS) is 16.8. The van der Waals surface area contributed by atoms with Crippen LogP contribution in [0.5, 0.6) is 0 Å². The zero-order valence-electron chi connectivity index (χ0n) is 34.4. The maximum absolute atomic E-state index is 6.94. The molecule has 62 heavy (non-hydrogen) atoms. The number of benzene rings is 8. The van der Waals surface area contributed by atoms with E-state index >= 15 is 0 Å². The van der Waals surface area contributed by atoms with Gasteiger partial charge in [-0.1, -0.05) is 128 Å². The third-order valence-corrected chi connectivity index (χ3v) is 13.4. The predicted molar refractivity (Wildman–Crippen MR) is 257 cm³/mol. The Labute approximate surface area is 357 Å². The SMILES string of the molecule is C[C@@H]1C/C=C(\c2cccc3ccccc23)N=C(c2cccc3c2oc2ccccc23)N=C1c1cc(-n2c3ccccc3c3cc4ccccc4cc32)cc2oc3c(c12)CCCC3. The zero-order chi connectivity index (χ0) is 40.9. The Kier molecular flexibility index (Phi) is 7.83. The highest BCUT2D eigenvalue weighted by Crippen LogP contribution is 2.42. The van der Waals surface area contributed by atoms with E-state index < -0.39 is 0 Å². The summed E-state index contributed by atoms with van der Waals surface area (Å²) in [6.07, 6.45) is 7.29. The highest BCUT2D eigenvalue weighted by atomic mass is 16.3. The van der Waals surface area contributed by atoms with Gasteiger partial charge in [-0.05, 0) is 83.6 Å². The molecule has 0 N–H and O–H groups in total. The number of nitrogens with zero attached hydrogens (tertiary/aromatic N) is 3. The third-order valence-electron chi connectivity index (χ3n) is 13.4. The zero-order valence-corrected chi connectivity index (χ0v) is 34.4. The number of para-hydroxylation sites is 3. The molecule has 1 atom stereocenters. The van der Waals surface area contributed by atoms with Gasteiger partial charge in [0.05, 0.1) is 33.7 Å². The lowest BCUT2D eigenvalue weighted by atomic mass is 9.87. The molecule has 0 saturated heterocycles. The van der Waals surface area contributed by atoms with Crippen LogP contribution in [0.1, 0.15) is 54.2 Å². The molecule has 0 radical (unpaired) electrons. The van der Waals surface area contributed by atoms with Gasteiger partial charge in [-0.25, -0.2) is 9.98 Å². The molecular weight excluding hydrogens is 759 g/mol. The Morgan fingerprint density at radius 3 is 2.15 bits per heavy atom. The monoisotopic (exact) mass is 799 g/mol. The number of aryl methyl sites for hydroxylation is 2. The molecule has 1 aliphatic carbocycles. The number of aromatic nitrogens is 1. The van der Waals surface area contributed by atoms with E-state index in [-0.39, 0.29) is 5.92 Å². The van der Waals surface area contributed by atoms with E-state index in [1.807, 2.05) is 12.1 Å². The first-order valence-corrected chi connectivity index (χ1v) is 21.9. The summed E-state index contributed by atoms with van der Waals surface area (Å²) >= 11 is 0. The molecular formula is C57H41N3O2. The van der Waals surface area contributed by atoms with E-state index in [1.165, 1.54) is 48.8 Å². The van der Waals surface area contributed by atoms with Crippen molar-refractivity contribution in [1.29, 1.82) is 0 Å². The molecule has 0 spiro atoms. The molecule has 0 unspecified atom stereocenters. The molecule has 13 rings (SSSR count). The van der Waals surface area contributed by atoms with Crippen molar-refractivity contribution in [3.63, 3.8) is 0 Å². The van der Waals surface area contributed by atoms with Gasteiger partial charge in [-0.2, -0.15) is 0 Å². The van der Waals surface area contributed by atoms with Crippen LogP contribution in [0.4, 0.5) is 0 Å². The van der Waals surface area contributed by atoms with E-state index in [0.29, 0.717) is 5.84 Å². The van der Waals surface area contributed by atoms with Crippen molar-refractivity contribution < 1.29 is 8.83 Å². The van der Waals surface area contributed by atoms with Crippen molar-refractivity contribution in [3.8, 4) is 5.69 Å². The van der Waals surface area contributed by atoms with Crippen molar-refractivity contribution in [3.05, 3.63) is 192 Å². The first-order valence-electron chi connectivity index (χ1n) is 21.9. The van der Waals surface area contributed by atoms with Gasteiger partial charge in [-0.15, -0.1) is 0 Å². The average molecular weight is 800 g/mol. The van der Waals surface area contributed by atoms with E-state index in [4.69, 9.17) is 18.8 Å². The summed E-state index contributed by atoms with van der Waals surface area (Å²) in [5.41, 5.74) is 12.2. The topological polar surface area (TPSA) is 55.9 Å². The second-order valence-electron chi connectivity index (χ2n) is 17.1. The van der Waals surface area contributed by atoms with E-state index in [9.17, 15) is 0 Å². The first kappa shape index (κ1) is 35.3. The second-order valence-corrected chi connectivity index (χ2v) is 17.1. The molecule has 0 bridgehead atoms. The number of fused-ring (bicyclic) bond motifs is 11. The lowest BCUT2D eigenvalue weighted by molar-refractivity contribution is 0.506. The van der Waals surface area contributed by atoms with Crippen molar-refractivity contribution in [2.75, 3.05) is 0 Å². The number of hydrogen-bond donors (Lipinski definition) is 0. The second kappa shape index (κ2) is 13.8. The smallest absolute Gasteiger partial charge is 0.163 e. The van der Waals surface area contributed by atoms with Gasteiger partial charge in [0.25, 0.3) is 0 Å². The van der Waals surface area contributed by atoms with Crippen molar-refractivity contribution in [1.82, 2.24) is 4.57 Å². The summed E-state index contributed by atoms with van der Waals surface area (Å²) in [6.45, 7) is 2.32. The summed E-state index contributed by atoms with van der Waals surface area (Å²) in [5.74, 6) is 1.78. The number of allylic oxidation sites excluding steroid dienone is 1. The Bertz CT molecular complexity index is 3750. The van der Waals surface area contributed by atoms with Gasteiger partial charge in [0, 0.05) is 62.0 Å². The van der Waals surface area contributed by atoms with Crippen LogP contribution in [0.25, 0.3) is 87.6 Å². The lowest BCUT2D eigenvalue weighted by Crippen LogP contribution is -2.18. The molecule has 0 fully saturated rings. The number of furan rings is 2. The van der Waals surface area contributed by atoms with Gasteiger partial charge in [0.1, 0.15) is 22.5 Å². The minimum Gasteiger partial charge on any atom is -0.461 e. The molecule has 4 heterocycles. The number of aliphatic imine (C=N–C) groups is 2. The van der Waals surface area contributed by atoms with Crippen LogP contribution in [0.2, 0.25) is 0 Å². The van der Waals surface area contributed by atoms with Crippen LogP contribution in [0, 0.1) is 5.92 Å². The fraction of sp³-hybridized carbons (Fsp3) is 0.123. The molecule has 0 saturated carbocycles. The largest absolute Gasteiger partial charge is 0.461 e. The first-order chi connectivity index (χ1) is 30.6. The van der Waals surface area contributed by atoms with Gasteiger partial charge in [-0.3, -0.25) is 0 Å². The van der Waals surface area contributed by atoms with Crippen LogP contribution < -0.4 is 0 Å². The highest BCUT2D eigenvalue weighted by Gasteiger charge is 2.28. The van der Waals surface area contributed by atoms with Gasteiger partial charge in [0.2, 0.25) is 0 Å². The van der Waals surface area contributed by atoms with E-state index in [0.717, 1.165) is 105 Å². The Morgan fingerprint density at radius 1 is 0.532 bits per heavy atom. The molecule has 5 nitrogen and oxygen atoms in total. The molecule has 1 aliphatic heterocycles. The van der Waals surface area contributed by atoms with Gasteiger partial charge in [0.15, 0.2) is 5.84 Å². The highest BCUT2D eigenvalue weighted by molar-refractivity contribution is 6.23. The average Bonchev–Trinajstić information content (AvgIpc) is 3.99. The van der Waals surface area contributed by atoms with E-state index in [1.54, 1.807) is 0 Å². The van der Waals surface area contributed by atoms with Crippen LogP contribution in [0.15, 0.2) is 183 Å². The lowest BCUT2D eigenvalue weighted by Gasteiger charge is -2.21. The summed E-state index contributed by atoms with van der Waals surface area (Å²) in [7, 11) is 0. The van der Waals surface area contributed by atoms with Crippen LogP contribution in [0.3, 0.4) is 0 Å². The van der Waals surface area contributed by atoms with Crippen molar-refractivity contribution in [2.24, 2.45) is 15.9 Å². The summed E-state index contributed by atoms with van der Waals surface area (Å²) in [6, 6.07) is 56.5. The summed E-state index contributed by atoms with van der Waals surface area (Å²) in [4.78, 5) is 11.4. The van der Waals surface area contributed by atoms with Gasteiger partial charge < -0.3 is 13.4 Å². The minimum atomic E-state index is 0.0371.